The molecule has 0 bridgehead atoms. The molecule has 0 saturated carbocycles. The molecule has 0 aromatic carbocycles. The largest absolute Gasteiger partial charge is 0.351 e. The van der Waals surface area contributed by atoms with E-state index in [1.165, 1.54) is 0 Å². The Balaban J connectivity index is 3.39. The third kappa shape index (κ3) is 4.03. The molecule has 3 heteroatoms. The lowest BCUT2D eigenvalue weighted by Gasteiger charge is -1.98. The summed E-state index contributed by atoms with van der Waals surface area (Å²) >= 11 is 5.26. The van der Waals surface area contributed by atoms with Gasteiger partial charge in [0.2, 0.25) is 0 Å². The number of hydrogen-bond acceptors (Lipinski definition) is 1. The standard InChI is InChI=1S/C6H10ClNO/c1-3-4-8-6(9)5(2)7/h2-4H2,1H3,(H,8,9). The summed E-state index contributed by atoms with van der Waals surface area (Å²) in [6.07, 6.45) is 0.913. The highest BCUT2D eigenvalue weighted by Gasteiger charge is 1.99. The van der Waals surface area contributed by atoms with Gasteiger partial charge in [-0.1, -0.05) is 25.1 Å². The molecule has 1 amide bonds. The average molecular weight is 148 g/mol. The fraction of sp³-hybridized carbons (Fsp3) is 0.500. The zero-order chi connectivity index (χ0) is 7.28. The molecule has 52 valence electrons. The van der Waals surface area contributed by atoms with Gasteiger partial charge in [-0.25, -0.2) is 0 Å². The minimum atomic E-state index is -0.279. The van der Waals surface area contributed by atoms with Crippen LogP contribution in [0.4, 0.5) is 0 Å². The molecule has 0 heterocycles. The molecule has 0 unspecified atom stereocenters. The second kappa shape index (κ2) is 4.39. The maximum absolute atomic E-state index is 10.6. The van der Waals surface area contributed by atoms with Crippen LogP contribution < -0.4 is 5.32 Å². The van der Waals surface area contributed by atoms with Gasteiger partial charge in [0.1, 0.15) is 0 Å². The minimum Gasteiger partial charge on any atom is -0.351 e. The number of halogens is 1. The predicted octanol–water partition coefficient (Wildman–Crippen LogP) is 1.27. The molecule has 9 heavy (non-hydrogen) atoms. The second-order valence-electron chi connectivity index (χ2n) is 1.66. The summed E-state index contributed by atoms with van der Waals surface area (Å²) in [4.78, 5) is 10.6. The molecular formula is C6H10ClNO. The van der Waals surface area contributed by atoms with Crippen molar-refractivity contribution in [3.05, 3.63) is 11.6 Å². The lowest BCUT2D eigenvalue weighted by molar-refractivity contribution is -0.116. The Morgan fingerprint density at radius 1 is 1.78 bits per heavy atom. The normalized spacial score (nSPS) is 8.67. The van der Waals surface area contributed by atoms with E-state index in [1.54, 1.807) is 0 Å². The number of carbonyl (C=O) groups excluding carboxylic acids is 1. The molecule has 0 fully saturated rings. The minimum absolute atomic E-state index is 0.0449. The highest BCUT2D eigenvalue weighted by molar-refractivity contribution is 6.41. The molecule has 0 aromatic rings. The molecule has 0 aromatic heterocycles. The van der Waals surface area contributed by atoms with E-state index in [0.29, 0.717) is 6.54 Å². The van der Waals surface area contributed by atoms with Crippen molar-refractivity contribution in [3.8, 4) is 0 Å². The van der Waals surface area contributed by atoms with Gasteiger partial charge in [-0.15, -0.1) is 0 Å². The van der Waals surface area contributed by atoms with Crippen LogP contribution in [0, 0.1) is 0 Å². The first-order chi connectivity index (χ1) is 4.18. The van der Waals surface area contributed by atoms with Gasteiger partial charge in [0.25, 0.3) is 5.91 Å². The van der Waals surface area contributed by atoms with Gasteiger partial charge in [0, 0.05) is 6.54 Å². The number of rotatable bonds is 3. The molecular weight excluding hydrogens is 138 g/mol. The summed E-state index contributed by atoms with van der Waals surface area (Å²) in [5.41, 5.74) is 0. The number of carbonyl (C=O) groups is 1. The second-order valence-corrected chi connectivity index (χ2v) is 2.12. The van der Waals surface area contributed by atoms with Crippen molar-refractivity contribution in [1.82, 2.24) is 5.32 Å². The zero-order valence-electron chi connectivity index (χ0n) is 5.41. The SMILES string of the molecule is C=C(Cl)C(=O)NCCC. The Kier molecular flexibility index (Phi) is 4.14. The quantitative estimate of drug-likeness (QED) is 0.599. The van der Waals surface area contributed by atoms with Crippen molar-refractivity contribution in [3.63, 3.8) is 0 Å². The van der Waals surface area contributed by atoms with E-state index in [2.05, 4.69) is 11.9 Å². The van der Waals surface area contributed by atoms with E-state index in [0.717, 1.165) is 6.42 Å². The first kappa shape index (κ1) is 8.50. The maximum Gasteiger partial charge on any atom is 0.262 e. The summed E-state index contributed by atoms with van der Waals surface area (Å²) in [6, 6.07) is 0. The van der Waals surface area contributed by atoms with Gasteiger partial charge < -0.3 is 5.32 Å². The van der Waals surface area contributed by atoms with Gasteiger partial charge >= 0.3 is 0 Å². The summed E-state index contributed by atoms with van der Waals surface area (Å²) in [5.74, 6) is -0.279. The third-order valence-corrected chi connectivity index (χ3v) is 0.954. The van der Waals surface area contributed by atoms with Crippen molar-refractivity contribution in [2.75, 3.05) is 6.54 Å². The van der Waals surface area contributed by atoms with Crippen LogP contribution in [0.2, 0.25) is 0 Å². The maximum atomic E-state index is 10.6. The Morgan fingerprint density at radius 3 is 2.67 bits per heavy atom. The van der Waals surface area contributed by atoms with E-state index in [4.69, 9.17) is 11.6 Å². The van der Waals surface area contributed by atoms with Crippen molar-refractivity contribution in [1.29, 1.82) is 0 Å². The lowest BCUT2D eigenvalue weighted by Crippen LogP contribution is -2.23. The molecule has 0 spiro atoms. The summed E-state index contributed by atoms with van der Waals surface area (Å²) in [7, 11) is 0. The Labute approximate surface area is 59.9 Å². The van der Waals surface area contributed by atoms with Crippen molar-refractivity contribution in [2.24, 2.45) is 0 Å². The Morgan fingerprint density at radius 2 is 2.33 bits per heavy atom. The Bertz CT molecular complexity index is 122. The molecule has 0 saturated heterocycles. The molecule has 0 atom stereocenters. The van der Waals surface area contributed by atoms with Crippen LogP contribution in [0.1, 0.15) is 13.3 Å². The third-order valence-electron chi connectivity index (χ3n) is 0.782. The van der Waals surface area contributed by atoms with E-state index in [1.807, 2.05) is 6.92 Å². The van der Waals surface area contributed by atoms with E-state index < -0.39 is 0 Å². The van der Waals surface area contributed by atoms with Crippen molar-refractivity contribution < 1.29 is 4.79 Å². The van der Waals surface area contributed by atoms with Crippen LogP contribution in [0.25, 0.3) is 0 Å². The fourth-order valence-corrected chi connectivity index (χ4v) is 0.401. The van der Waals surface area contributed by atoms with Crippen LogP contribution in [0.15, 0.2) is 11.6 Å². The average Bonchev–Trinajstić information content (AvgIpc) is 1.82. The zero-order valence-corrected chi connectivity index (χ0v) is 6.16. The van der Waals surface area contributed by atoms with Crippen LogP contribution in [0.3, 0.4) is 0 Å². The first-order valence-electron chi connectivity index (χ1n) is 2.81. The lowest BCUT2D eigenvalue weighted by atomic mass is 10.4. The van der Waals surface area contributed by atoms with Crippen molar-refractivity contribution >= 4 is 17.5 Å². The fourth-order valence-electron chi connectivity index (χ4n) is 0.334. The highest BCUT2D eigenvalue weighted by Crippen LogP contribution is 1.94. The van der Waals surface area contributed by atoms with Gasteiger partial charge in [-0.2, -0.15) is 0 Å². The van der Waals surface area contributed by atoms with Crippen LogP contribution >= 0.6 is 11.6 Å². The van der Waals surface area contributed by atoms with E-state index in [-0.39, 0.29) is 10.9 Å². The van der Waals surface area contributed by atoms with Gasteiger partial charge in [-0.3, -0.25) is 4.79 Å². The van der Waals surface area contributed by atoms with Gasteiger partial charge in [-0.05, 0) is 6.42 Å². The van der Waals surface area contributed by atoms with E-state index >= 15 is 0 Å². The predicted molar refractivity (Wildman–Crippen MR) is 38.3 cm³/mol. The highest BCUT2D eigenvalue weighted by atomic mass is 35.5. The number of hydrogen-bond donors (Lipinski definition) is 1. The van der Waals surface area contributed by atoms with Crippen LogP contribution in [-0.2, 0) is 4.79 Å². The Hall–Kier alpha value is -0.500. The summed E-state index contributed by atoms with van der Waals surface area (Å²) < 4.78 is 0. The smallest absolute Gasteiger partial charge is 0.262 e. The topological polar surface area (TPSA) is 29.1 Å². The number of amides is 1. The molecule has 0 radical (unpaired) electrons. The molecule has 0 rings (SSSR count). The van der Waals surface area contributed by atoms with Gasteiger partial charge in [0.05, 0.1) is 5.03 Å². The van der Waals surface area contributed by atoms with Gasteiger partial charge in [0.15, 0.2) is 0 Å². The summed E-state index contributed by atoms with van der Waals surface area (Å²) in [5, 5.41) is 2.61. The molecule has 0 aliphatic heterocycles. The molecule has 0 aliphatic rings. The molecule has 1 N–H and O–H groups in total. The van der Waals surface area contributed by atoms with Crippen LogP contribution in [0.5, 0.6) is 0 Å². The molecule has 0 aliphatic carbocycles. The van der Waals surface area contributed by atoms with E-state index in [9.17, 15) is 4.79 Å². The van der Waals surface area contributed by atoms with Crippen molar-refractivity contribution in [2.45, 2.75) is 13.3 Å². The monoisotopic (exact) mass is 147 g/mol. The van der Waals surface area contributed by atoms with Crippen LogP contribution in [-0.4, -0.2) is 12.5 Å². The number of nitrogens with one attached hydrogen (secondary N) is 1. The molecule has 2 nitrogen and oxygen atoms in total. The summed E-state index contributed by atoms with van der Waals surface area (Å²) in [6.45, 7) is 5.89. The first-order valence-corrected chi connectivity index (χ1v) is 3.19.